The van der Waals surface area contributed by atoms with E-state index in [4.69, 9.17) is 16.3 Å². The number of anilines is 1. The number of hydrogen-bond donors (Lipinski definition) is 1. The van der Waals surface area contributed by atoms with Gasteiger partial charge in [-0.1, -0.05) is 23.7 Å². The third-order valence-electron chi connectivity index (χ3n) is 5.27. The highest BCUT2D eigenvalue weighted by Crippen LogP contribution is 2.25. The van der Waals surface area contributed by atoms with Crippen LogP contribution in [0.4, 0.5) is 10.1 Å². The van der Waals surface area contributed by atoms with Gasteiger partial charge >= 0.3 is 0 Å². The number of amides is 1. The lowest BCUT2D eigenvalue weighted by atomic mass is 10.1. The molecule has 4 rings (SSSR count). The zero-order valence-electron chi connectivity index (χ0n) is 18.5. The smallest absolute Gasteiger partial charge is 0.265 e. The largest absolute Gasteiger partial charge is 0.489 e. The van der Waals surface area contributed by atoms with E-state index in [9.17, 15) is 9.18 Å². The van der Waals surface area contributed by atoms with Crippen LogP contribution in [0.5, 0.6) is 5.75 Å². The van der Waals surface area contributed by atoms with E-state index in [0.29, 0.717) is 28.7 Å². The van der Waals surface area contributed by atoms with Crippen LogP contribution in [0.25, 0.3) is 0 Å². The molecule has 0 saturated carbocycles. The number of halogens is 2. The summed E-state index contributed by atoms with van der Waals surface area (Å²) in [6, 6.07) is 10.2. The molecule has 2 heterocycles. The van der Waals surface area contributed by atoms with Gasteiger partial charge in [0.1, 0.15) is 18.2 Å². The molecule has 1 amide bonds. The van der Waals surface area contributed by atoms with E-state index >= 15 is 0 Å². The van der Waals surface area contributed by atoms with Crippen LogP contribution < -0.4 is 10.1 Å². The first-order valence-electron chi connectivity index (χ1n) is 10.3. The van der Waals surface area contributed by atoms with Crippen molar-refractivity contribution in [3.05, 3.63) is 97.7 Å². The van der Waals surface area contributed by atoms with Crippen molar-refractivity contribution in [3.63, 3.8) is 0 Å². The zero-order valence-corrected chi connectivity index (χ0v) is 20.1. The highest BCUT2D eigenvalue weighted by molar-refractivity contribution is 7.12. The van der Waals surface area contributed by atoms with E-state index in [1.54, 1.807) is 23.1 Å². The molecule has 0 spiro atoms. The molecule has 0 bridgehead atoms. The summed E-state index contributed by atoms with van der Waals surface area (Å²) >= 11 is 7.44. The first kappa shape index (κ1) is 23.0. The number of hydrogen-bond acceptors (Lipinski definition) is 4. The molecule has 5 nitrogen and oxygen atoms in total. The zero-order chi connectivity index (χ0) is 23.5. The average molecular weight is 484 g/mol. The minimum absolute atomic E-state index is 0.215. The average Bonchev–Trinajstić information content (AvgIpc) is 3.41. The third kappa shape index (κ3) is 5.61. The van der Waals surface area contributed by atoms with Crippen LogP contribution in [0.1, 0.15) is 37.5 Å². The predicted octanol–water partition coefficient (Wildman–Crippen LogP) is 6.54. The molecule has 1 N–H and O–H groups in total. The van der Waals surface area contributed by atoms with E-state index < -0.39 is 0 Å². The van der Waals surface area contributed by atoms with Crippen LogP contribution in [0.2, 0.25) is 5.02 Å². The Morgan fingerprint density at radius 3 is 2.82 bits per heavy atom. The molecule has 0 aliphatic rings. The fraction of sp³-hybridized carbons (Fsp3) is 0.200. The summed E-state index contributed by atoms with van der Waals surface area (Å²) in [4.78, 5) is 13.2. The van der Waals surface area contributed by atoms with Gasteiger partial charge in [-0.2, -0.15) is 5.10 Å². The first-order chi connectivity index (χ1) is 15.8. The van der Waals surface area contributed by atoms with Gasteiger partial charge in [0.2, 0.25) is 0 Å². The second-order valence-corrected chi connectivity index (χ2v) is 9.25. The topological polar surface area (TPSA) is 56.1 Å². The number of nitrogens with zero attached hydrogens (tertiary/aromatic N) is 2. The highest BCUT2D eigenvalue weighted by atomic mass is 35.5. The summed E-state index contributed by atoms with van der Waals surface area (Å²) in [5.41, 5.74) is 5.70. The van der Waals surface area contributed by atoms with Gasteiger partial charge < -0.3 is 10.1 Å². The standard InChI is InChI=1S/C25H23ClFN3O2S/c1-15-6-16(2)17(3)23(7-15)32-13-18-8-24(33-14-18)25(31)29-21-10-28-30(12-21)11-19-4-5-20(27)9-22(19)26/h4-10,12,14H,11,13H2,1-3H3,(H,29,31). The van der Waals surface area contributed by atoms with Crippen LogP contribution in [0, 0.1) is 26.6 Å². The number of carbonyl (C=O) groups is 1. The van der Waals surface area contributed by atoms with Crippen molar-refractivity contribution in [2.24, 2.45) is 0 Å². The number of benzene rings is 2. The fourth-order valence-electron chi connectivity index (χ4n) is 3.41. The van der Waals surface area contributed by atoms with Crippen LogP contribution in [0.3, 0.4) is 0 Å². The van der Waals surface area contributed by atoms with E-state index in [2.05, 4.69) is 23.4 Å². The molecule has 0 atom stereocenters. The van der Waals surface area contributed by atoms with Gasteiger partial charge in [-0.3, -0.25) is 9.48 Å². The summed E-state index contributed by atoms with van der Waals surface area (Å²) in [7, 11) is 0. The molecular formula is C25H23ClFN3O2S. The number of rotatable bonds is 7. The van der Waals surface area contributed by atoms with Gasteiger partial charge in [0.05, 0.1) is 23.3 Å². The highest BCUT2D eigenvalue weighted by Gasteiger charge is 2.12. The molecule has 0 aliphatic carbocycles. The number of thiophene rings is 1. The van der Waals surface area contributed by atoms with Crippen molar-refractivity contribution >= 4 is 34.5 Å². The molecule has 0 radical (unpaired) electrons. The number of aryl methyl sites for hydroxylation is 2. The molecule has 2 aromatic carbocycles. The Morgan fingerprint density at radius 2 is 2.03 bits per heavy atom. The Kier molecular flexibility index (Phi) is 6.81. The molecule has 8 heteroatoms. The van der Waals surface area contributed by atoms with E-state index in [0.717, 1.165) is 28.0 Å². The molecular weight excluding hydrogens is 461 g/mol. The Labute approximate surface area is 200 Å². The van der Waals surface area contributed by atoms with Crippen LogP contribution in [-0.4, -0.2) is 15.7 Å². The van der Waals surface area contributed by atoms with Gasteiger partial charge in [-0.25, -0.2) is 4.39 Å². The van der Waals surface area contributed by atoms with Crippen LogP contribution >= 0.6 is 22.9 Å². The second kappa shape index (κ2) is 9.77. The van der Waals surface area contributed by atoms with Crippen molar-refractivity contribution in [1.29, 1.82) is 0 Å². The lowest BCUT2D eigenvalue weighted by Crippen LogP contribution is -2.09. The maximum absolute atomic E-state index is 13.2. The maximum Gasteiger partial charge on any atom is 0.265 e. The Balaban J connectivity index is 1.36. The molecule has 0 fully saturated rings. The molecule has 0 saturated heterocycles. The van der Waals surface area contributed by atoms with Gasteiger partial charge in [-0.05, 0) is 72.7 Å². The van der Waals surface area contributed by atoms with E-state index in [1.165, 1.54) is 29.0 Å². The van der Waals surface area contributed by atoms with Crippen molar-refractivity contribution in [3.8, 4) is 5.75 Å². The number of aromatic nitrogens is 2. The number of nitrogens with one attached hydrogen (secondary N) is 1. The fourth-order valence-corrected chi connectivity index (χ4v) is 4.43. The lowest BCUT2D eigenvalue weighted by Gasteiger charge is -2.11. The van der Waals surface area contributed by atoms with Crippen molar-refractivity contribution in [2.75, 3.05) is 5.32 Å². The molecule has 170 valence electrons. The van der Waals surface area contributed by atoms with Crippen molar-refractivity contribution in [2.45, 2.75) is 33.9 Å². The predicted molar refractivity (Wildman–Crippen MR) is 130 cm³/mol. The van der Waals surface area contributed by atoms with Gasteiger partial charge in [0, 0.05) is 16.8 Å². The quantitative estimate of drug-likeness (QED) is 0.324. The Hall–Kier alpha value is -3.16. The first-order valence-corrected chi connectivity index (χ1v) is 11.6. The molecule has 4 aromatic rings. The minimum atomic E-state index is -0.387. The summed E-state index contributed by atoms with van der Waals surface area (Å²) in [6.07, 6.45) is 3.27. The molecule has 2 aromatic heterocycles. The summed E-state index contributed by atoms with van der Waals surface area (Å²) in [5, 5.41) is 9.36. The summed E-state index contributed by atoms with van der Waals surface area (Å²) in [5.74, 6) is 0.258. The minimum Gasteiger partial charge on any atom is -0.489 e. The van der Waals surface area contributed by atoms with Crippen LogP contribution in [0.15, 0.2) is 54.2 Å². The summed E-state index contributed by atoms with van der Waals surface area (Å²) in [6.45, 7) is 6.92. The van der Waals surface area contributed by atoms with E-state index in [1.807, 2.05) is 31.4 Å². The van der Waals surface area contributed by atoms with Crippen molar-refractivity contribution in [1.82, 2.24) is 9.78 Å². The van der Waals surface area contributed by atoms with Crippen LogP contribution in [-0.2, 0) is 13.2 Å². The number of ether oxygens (including phenoxy) is 1. The Bertz CT molecular complexity index is 1310. The van der Waals surface area contributed by atoms with Gasteiger partial charge in [0.25, 0.3) is 5.91 Å². The van der Waals surface area contributed by atoms with Gasteiger partial charge in [0.15, 0.2) is 0 Å². The van der Waals surface area contributed by atoms with Gasteiger partial charge in [-0.15, -0.1) is 11.3 Å². The number of carbonyl (C=O) groups excluding carboxylic acids is 1. The molecule has 0 unspecified atom stereocenters. The second-order valence-electron chi connectivity index (χ2n) is 7.93. The van der Waals surface area contributed by atoms with E-state index in [-0.39, 0.29) is 11.7 Å². The molecule has 33 heavy (non-hydrogen) atoms. The molecule has 0 aliphatic heterocycles. The maximum atomic E-state index is 13.2. The van der Waals surface area contributed by atoms with Crippen molar-refractivity contribution < 1.29 is 13.9 Å². The SMILES string of the molecule is Cc1cc(C)c(C)c(OCc2csc(C(=O)Nc3cnn(Cc4ccc(F)cc4Cl)c3)c2)c1. The Morgan fingerprint density at radius 1 is 1.21 bits per heavy atom. The summed E-state index contributed by atoms with van der Waals surface area (Å²) < 4.78 is 20.9. The normalized spacial score (nSPS) is 10.9. The third-order valence-corrected chi connectivity index (χ3v) is 6.60. The lowest BCUT2D eigenvalue weighted by molar-refractivity contribution is 0.103. The monoisotopic (exact) mass is 483 g/mol.